The Morgan fingerprint density at radius 1 is 1.12 bits per heavy atom. The van der Waals surface area contributed by atoms with E-state index < -0.39 is 23.0 Å². The van der Waals surface area contributed by atoms with Gasteiger partial charge in [-0.3, -0.25) is 9.78 Å². The van der Waals surface area contributed by atoms with Gasteiger partial charge in [-0.2, -0.15) is 18.4 Å². The average molecular weight is 469 g/mol. The first-order chi connectivity index (χ1) is 16.2. The minimum Gasteiger partial charge on any atom is -0.338 e. The molecule has 0 spiro atoms. The monoisotopic (exact) mass is 469 g/mol. The van der Waals surface area contributed by atoms with Crippen molar-refractivity contribution in [1.29, 1.82) is 5.26 Å². The summed E-state index contributed by atoms with van der Waals surface area (Å²) in [6, 6.07) is 9.52. The molecule has 2 aromatic heterocycles. The molecule has 3 heterocycles. The molecule has 0 saturated carbocycles. The number of amides is 1. The zero-order chi connectivity index (χ0) is 24.3. The Kier molecular flexibility index (Phi) is 6.28. The summed E-state index contributed by atoms with van der Waals surface area (Å²) >= 11 is 0. The second-order valence-corrected chi connectivity index (χ2v) is 8.16. The number of alkyl halides is 3. The van der Waals surface area contributed by atoms with Crippen LogP contribution in [0.15, 0.2) is 55.1 Å². The molecule has 0 aliphatic carbocycles. The van der Waals surface area contributed by atoms with Gasteiger partial charge in [0, 0.05) is 25.5 Å². The highest BCUT2D eigenvalue weighted by atomic mass is 19.4. The molecule has 0 atom stereocenters. The van der Waals surface area contributed by atoms with Crippen molar-refractivity contribution in [3.63, 3.8) is 0 Å². The van der Waals surface area contributed by atoms with Crippen LogP contribution in [0.4, 0.5) is 17.6 Å². The zero-order valence-corrected chi connectivity index (χ0v) is 17.9. The minimum atomic E-state index is -4.64. The van der Waals surface area contributed by atoms with Gasteiger partial charge in [0.25, 0.3) is 5.91 Å². The lowest BCUT2D eigenvalue weighted by atomic mass is 9.75. The Hall–Kier alpha value is -3.87. The Balaban J connectivity index is 1.50. The van der Waals surface area contributed by atoms with Crippen molar-refractivity contribution in [3.05, 3.63) is 77.6 Å². The number of piperidine rings is 1. The van der Waals surface area contributed by atoms with Crippen molar-refractivity contribution >= 4 is 5.91 Å². The van der Waals surface area contributed by atoms with Crippen LogP contribution in [0.1, 0.15) is 34.3 Å². The molecular formula is C24H19F4N5O. The summed E-state index contributed by atoms with van der Waals surface area (Å²) in [6.07, 6.45) is 0.319. The molecule has 0 unspecified atom stereocenters. The van der Waals surface area contributed by atoms with E-state index >= 15 is 0 Å². The highest BCUT2D eigenvalue weighted by molar-refractivity contribution is 5.99. The minimum absolute atomic E-state index is 0.0332. The quantitative estimate of drug-likeness (QED) is 0.518. The van der Waals surface area contributed by atoms with Gasteiger partial charge in [0.1, 0.15) is 17.8 Å². The number of aromatic nitrogens is 3. The molecule has 0 N–H and O–H groups in total. The average Bonchev–Trinajstić information content (AvgIpc) is 2.85. The van der Waals surface area contributed by atoms with Gasteiger partial charge in [-0.05, 0) is 55.2 Å². The predicted molar refractivity (Wildman–Crippen MR) is 114 cm³/mol. The zero-order valence-electron chi connectivity index (χ0n) is 17.9. The summed E-state index contributed by atoms with van der Waals surface area (Å²) in [5, 5.41) is 9.83. The molecule has 174 valence electrons. The van der Waals surface area contributed by atoms with Crippen LogP contribution in [0, 0.1) is 22.6 Å². The molecule has 1 aromatic carbocycles. The lowest BCUT2D eigenvalue weighted by molar-refractivity contribution is -0.137. The first-order valence-corrected chi connectivity index (χ1v) is 10.5. The topological polar surface area (TPSA) is 82.8 Å². The molecule has 34 heavy (non-hydrogen) atoms. The fourth-order valence-corrected chi connectivity index (χ4v) is 4.08. The highest BCUT2D eigenvalue weighted by Crippen LogP contribution is 2.37. The van der Waals surface area contributed by atoms with Crippen LogP contribution in [0.5, 0.6) is 0 Å². The van der Waals surface area contributed by atoms with Gasteiger partial charge in [0.2, 0.25) is 0 Å². The van der Waals surface area contributed by atoms with Crippen LogP contribution in [0.3, 0.4) is 0 Å². The summed E-state index contributed by atoms with van der Waals surface area (Å²) in [7, 11) is 0. The molecule has 3 aromatic rings. The fourth-order valence-electron chi connectivity index (χ4n) is 4.08. The van der Waals surface area contributed by atoms with Crippen molar-refractivity contribution in [2.75, 3.05) is 13.1 Å². The third-order valence-electron chi connectivity index (χ3n) is 6.02. The highest BCUT2D eigenvalue weighted by Gasteiger charge is 2.38. The van der Waals surface area contributed by atoms with Crippen molar-refractivity contribution in [2.24, 2.45) is 5.41 Å². The number of likely N-dealkylation sites (tertiary alicyclic amines) is 1. The van der Waals surface area contributed by atoms with E-state index in [0.717, 1.165) is 12.1 Å². The second kappa shape index (κ2) is 9.17. The SMILES string of the molecule is N#CC1(Cc2ccc(C(F)(F)F)cc2F)CCN(C(=O)c2cccnc2-c2ccncn2)CC1. The van der Waals surface area contributed by atoms with Crippen LogP contribution in [0.25, 0.3) is 11.4 Å². The lowest BCUT2D eigenvalue weighted by Crippen LogP contribution is -2.43. The van der Waals surface area contributed by atoms with E-state index in [1.165, 1.54) is 6.33 Å². The van der Waals surface area contributed by atoms with E-state index in [9.17, 15) is 27.6 Å². The number of hydrogen-bond donors (Lipinski definition) is 0. The smallest absolute Gasteiger partial charge is 0.338 e. The van der Waals surface area contributed by atoms with Crippen molar-refractivity contribution in [2.45, 2.75) is 25.4 Å². The number of benzene rings is 1. The summed E-state index contributed by atoms with van der Waals surface area (Å²) in [6.45, 7) is 0.486. The Morgan fingerprint density at radius 2 is 1.88 bits per heavy atom. The van der Waals surface area contributed by atoms with Gasteiger partial charge in [-0.25, -0.2) is 14.4 Å². The number of carbonyl (C=O) groups excluding carboxylic acids is 1. The van der Waals surface area contributed by atoms with Crippen LogP contribution < -0.4 is 0 Å². The number of carbonyl (C=O) groups is 1. The lowest BCUT2D eigenvalue weighted by Gasteiger charge is -2.37. The molecule has 1 aliphatic heterocycles. The van der Waals surface area contributed by atoms with Crippen LogP contribution in [0.2, 0.25) is 0 Å². The number of rotatable bonds is 4. The third-order valence-corrected chi connectivity index (χ3v) is 6.02. The molecule has 4 rings (SSSR count). The van der Waals surface area contributed by atoms with Gasteiger partial charge in [0.15, 0.2) is 0 Å². The largest absolute Gasteiger partial charge is 0.416 e. The van der Waals surface area contributed by atoms with E-state index in [1.54, 1.807) is 35.5 Å². The molecule has 10 heteroatoms. The van der Waals surface area contributed by atoms with Crippen molar-refractivity contribution < 1.29 is 22.4 Å². The maximum absolute atomic E-state index is 14.4. The molecule has 1 fully saturated rings. The summed E-state index contributed by atoms with van der Waals surface area (Å²) < 4.78 is 52.9. The summed E-state index contributed by atoms with van der Waals surface area (Å²) in [5.74, 6) is -1.26. The molecule has 1 saturated heterocycles. The number of nitriles is 1. The normalized spacial score (nSPS) is 15.6. The Morgan fingerprint density at radius 3 is 2.50 bits per heavy atom. The number of hydrogen-bond acceptors (Lipinski definition) is 5. The first-order valence-electron chi connectivity index (χ1n) is 10.5. The predicted octanol–water partition coefficient (Wildman–Crippen LogP) is 4.69. The van der Waals surface area contributed by atoms with E-state index in [2.05, 4.69) is 21.0 Å². The number of halogens is 4. The molecule has 0 radical (unpaired) electrons. The van der Waals surface area contributed by atoms with E-state index in [-0.39, 0.29) is 43.8 Å². The van der Waals surface area contributed by atoms with E-state index in [4.69, 9.17) is 0 Å². The number of nitrogens with zero attached hydrogens (tertiary/aromatic N) is 5. The molecule has 6 nitrogen and oxygen atoms in total. The van der Waals surface area contributed by atoms with Crippen LogP contribution >= 0.6 is 0 Å². The number of pyridine rings is 1. The van der Waals surface area contributed by atoms with E-state index in [0.29, 0.717) is 23.0 Å². The Labute approximate surface area is 192 Å². The molecule has 0 bridgehead atoms. The molecule has 1 aliphatic rings. The van der Waals surface area contributed by atoms with Gasteiger partial charge >= 0.3 is 6.18 Å². The first kappa shape index (κ1) is 23.3. The maximum Gasteiger partial charge on any atom is 0.416 e. The third kappa shape index (κ3) is 4.73. The van der Waals surface area contributed by atoms with Crippen molar-refractivity contribution in [1.82, 2.24) is 19.9 Å². The van der Waals surface area contributed by atoms with Gasteiger partial charge in [0.05, 0.1) is 28.3 Å². The molecular weight excluding hydrogens is 450 g/mol. The summed E-state index contributed by atoms with van der Waals surface area (Å²) in [5.41, 5.74) is -0.732. The van der Waals surface area contributed by atoms with Gasteiger partial charge in [-0.15, -0.1) is 0 Å². The van der Waals surface area contributed by atoms with Gasteiger partial charge < -0.3 is 4.90 Å². The van der Waals surface area contributed by atoms with Crippen LogP contribution in [-0.4, -0.2) is 38.8 Å². The standard InChI is InChI=1S/C24H19F4N5O/c25-19-12-17(24(26,27)28)4-3-16(19)13-23(14-29)6-10-33(11-7-23)22(34)18-2-1-8-31-21(18)20-5-9-30-15-32-20/h1-5,8-9,12,15H,6-7,10-11,13H2. The second-order valence-electron chi connectivity index (χ2n) is 8.16. The summed E-state index contributed by atoms with van der Waals surface area (Å²) in [4.78, 5) is 27.1. The van der Waals surface area contributed by atoms with E-state index in [1.807, 2.05) is 0 Å². The maximum atomic E-state index is 14.4. The van der Waals surface area contributed by atoms with Crippen molar-refractivity contribution in [3.8, 4) is 17.5 Å². The Bertz CT molecular complexity index is 1230. The van der Waals surface area contributed by atoms with Crippen LogP contribution in [-0.2, 0) is 12.6 Å². The fraction of sp³-hybridized carbons (Fsp3) is 0.292. The van der Waals surface area contributed by atoms with Gasteiger partial charge in [-0.1, -0.05) is 6.07 Å². The molecule has 1 amide bonds.